The Kier molecular flexibility index (Phi) is 5.00. The Labute approximate surface area is 126 Å². The lowest BCUT2D eigenvalue weighted by Gasteiger charge is -2.06. The molecule has 0 fully saturated rings. The van der Waals surface area contributed by atoms with Crippen molar-refractivity contribution in [2.45, 2.75) is 19.2 Å². The van der Waals surface area contributed by atoms with Gasteiger partial charge in [-0.15, -0.1) is 0 Å². The topological polar surface area (TPSA) is 25.2 Å². The molecule has 1 aromatic heterocycles. The van der Waals surface area contributed by atoms with Crippen LogP contribution in [0.3, 0.4) is 0 Å². The molecule has 0 aliphatic carbocycles. The van der Waals surface area contributed by atoms with E-state index < -0.39 is 0 Å². The molecule has 0 saturated heterocycles. The maximum absolute atomic E-state index is 5.71. The molecule has 1 heterocycles. The second kappa shape index (κ2) is 6.52. The highest BCUT2D eigenvalue weighted by atomic mass is 127. The molecule has 1 aromatic carbocycles. The number of benzene rings is 1. The third kappa shape index (κ3) is 3.68. The predicted molar refractivity (Wildman–Crippen MR) is 87.1 cm³/mol. The number of nitrogens with one attached hydrogen (secondary N) is 1. The normalized spacial score (nSPS) is 10.6. The first-order chi connectivity index (χ1) is 8.69. The Balaban J connectivity index is 1.95. The molecular weight excluding hydrogens is 357 g/mol. The summed E-state index contributed by atoms with van der Waals surface area (Å²) < 4.78 is 6.99. The van der Waals surface area contributed by atoms with Crippen molar-refractivity contribution in [3.63, 3.8) is 0 Å². The van der Waals surface area contributed by atoms with E-state index in [1.807, 2.05) is 12.1 Å². The van der Waals surface area contributed by atoms with Crippen LogP contribution in [-0.2, 0) is 12.3 Å². The van der Waals surface area contributed by atoms with Crippen LogP contribution in [0.5, 0.6) is 0 Å². The van der Waals surface area contributed by atoms with Crippen molar-refractivity contribution < 1.29 is 4.42 Å². The number of anilines is 1. The molecule has 96 valence electrons. The van der Waals surface area contributed by atoms with Gasteiger partial charge >= 0.3 is 0 Å². The molecule has 18 heavy (non-hydrogen) atoms. The number of furan rings is 1. The van der Waals surface area contributed by atoms with Crippen LogP contribution in [0.2, 0.25) is 0 Å². The fourth-order valence-corrected chi connectivity index (χ4v) is 2.58. The Morgan fingerprint density at radius 3 is 2.72 bits per heavy atom. The first-order valence-corrected chi connectivity index (χ1v) is 8.23. The van der Waals surface area contributed by atoms with Crippen LogP contribution >= 0.6 is 34.4 Å². The molecule has 0 unspecified atom stereocenters. The van der Waals surface area contributed by atoms with Crippen molar-refractivity contribution >= 4 is 40.0 Å². The Hall–Kier alpha value is -0.620. The summed E-state index contributed by atoms with van der Waals surface area (Å²) in [7, 11) is 0. The minimum absolute atomic E-state index is 0.730. The van der Waals surface area contributed by atoms with E-state index in [4.69, 9.17) is 4.42 Å². The van der Waals surface area contributed by atoms with Crippen LogP contribution in [0.25, 0.3) is 0 Å². The molecule has 0 radical (unpaired) electrons. The highest BCUT2D eigenvalue weighted by Crippen LogP contribution is 2.19. The maximum Gasteiger partial charge on any atom is 0.123 e. The van der Waals surface area contributed by atoms with Crippen molar-refractivity contribution in [2.75, 3.05) is 11.6 Å². The van der Waals surface area contributed by atoms with Crippen molar-refractivity contribution in [3.05, 3.63) is 51.0 Å². The molecule has 0 saturated carbocycles. The predicted octanol–water partition coefficient (Wildman–Crippen LogP) is 4.67. The molecule has 0 aliphatic heterocycles. The SMILES string of the molecule is CSCc1ccc(CNc2ccc(C)c(I)c2)o1. The number of aryl methyl sites for hydroxylation is 1. The fraction of sp³-hybridized carbons (Fsp3) is 0.286. The Bertz CT molecular complexity index is 524. The minimum atomic E-state index is 0.730. The highest BCUT2D eigenvalue weighted by molar-refractivity contribution is 14.1. The lowest BCUT2D eigenvalue weighted by molar-refractivity contribution is 0.487. The second-order valence-corrected chi connectivity index (χ2v) is 6.15. The summed E-state index contributed by atoms with van der Waals surface area (Å²) in [4.78, 5) is 0. The monoisotopic (exact) mass is 373 g/mol. The summed E-state index contributed by atoms with van der Waals surface area (Å²) in [5.74, 6) is 2.95. The average molecular weight is 373 g/mol. The van der Waals surface area contributed by atoms with E-state index in [0.29, 0.717) is 0 Å². The van der Waals surface area contributed by atoms with Crippen molar-refractivity contribution in [1.82, 2.24) is 0 Å². The summed E-state index contributed by atoms with van der Waals surface area (Å²) >= 11 is 4.12. The van der Waals surface area contributed by atoms with E-state index >= 15 is 0 Å². The van der Waals surface area contributed by atoms with E-state index in [9.17, 15) is 0 Å². The summed E-state index contributed by atoms with van der Waals surface area (Å²) in [5.41, 5.74) is 2.44. The van der Waals surface area contributed by atoms with Crippen molar-refractivity contribution in [3.8, 4) is 0 Å². The molecule has 1 N–H and O–H groups in total. The standard InChI is InChI=1S/C14H16INOS/c1-10-3-4-11(7-14(10)15)16-8-12-5-6-13(17-12)9-18-2/h3-7,16H,8-9H2,1-2H3. The molecule has 0 spiro atoms. The van der Waals surface area contributed by atoms with E-state index in [0.717, 1.165) is 29.5 Å². The number of rotatable bonds is 5. The van der Waals surface area contributed by atoms with Gasteiger partial charge in [0, 0.05) is 9.26 Å². The van der Waals surface area contributed by atoms with E-state index in [2.05, 4.69) is 59.3 Å². The van der Waals surface area contributed by atoms with Gasteiger partial charge in [-0.05, 0) is 65.6 Å². The maximum atomic E-state index is 5.71. The number of hydrogen-bond donors (Lipinski definition) is 1. The second-order valence-electron chi connectivity index (χ2n) is 4.12. The summed E-state index contributed by atoms with van der Waals surface area (Å²) in [6.07, 6.45) is 2.08. The third-order valence-electron chi connectivity index (χ3n) is 2.64. The molecule has 0 bridgehead atoms. The summed E-state index contributed by atoms with van der Waals surface area (Å²) in [6.45, 7) is 2.85. The molecule has 0 aliphatic rings. The van der Waals surface area contributed by atoms with Gasteiger partial charge < -0.3 is 9.73 Å². The smallest absolute Gasteiger partial charge is 0.123 e. The zero-order chi connectivity index (χ0) is 13.0. The highest BCUT2D eigenvalue weighted by Gasteiger charge is 2.02. The molecule has 2 aromatic rings. The summed E-state index contributed by atoms with van der Waals surface area (Å²) in [5, 5.41) is 3.38. The zero-order valence-electron chi connectivity index (χ0n) is 10.5. The van der Waals surface area contributed by atoms with Crippen LogP contribution in [0, 0.1) is 10.5 Å². The first kappa shape index (κ1) is 13.8. The van der Waals surface area contributed by atoms with E-state index in [1.165, 1.54) is 9.13 Å². The van der Waals surface area contributed by atoms with Crippen LogP contribution in [-0.4, -0.2) is 6.26 Å². The molecule has 0 atom stereocenters. The van der Waals surface area contributed by atoms with Gasteiger partial charge in [-0.25, -0.2) is 0 Å². The summed E-state index contributed by atoms with van der Waals surface area (Å²) in [6, 6.07) is 10.5. The van der Waals surface area contributed by atoms with Gasteiger partial charge in [-0.3, -0.25) is 0 Å². The van der Waals surface area contributed by atoms with Crippen LogP contribution in [0.1, 0.15) is 17.1 Å². The third-order valence-corrected chi connectivity index (χ3v) is 4.38. The molecule has 2 rings (SSSR count). The Morgan fingerprint density at radius 1 is 1.22 bits per heavy atom. The quantitative estimate of drug-likeness (QED) is 0.772. The first-order valence-electron chi connectivity index (χ1n) is 5.75. The fourth-order valence-electron chi connectivity index (χ4n) is 1.63. The van der Waals surface area contributed by atoms with Gasteiger partial charge in [0.15, 0.2) is 0 Å². The molecule has 4 heteroatoms. The van der Waals surface area contributed by atoms with Crippen molar-refractivity contribution in [1.29, 1.82) is 0 Å². The van der Waals surface area contributed by atoms with Gasteiger partial charge in [-0.1, -0.05) is 6.07 Å². The van der Waals surface area contributed by atoms with Gasteiger partial charge in [0.25, 0.3) is 0 Å². The van der Waals surface area contributed by atoms with Gasteiger partial charge in [0.2, 0.25) is 0 Å². The average Bonchev–Trinajstić information content (AvgIpc) is 2.79. The lowest BCUT2D eigenvalue weighted by Crippen LogP contribution is -1.98. The van der Waals surface area contributed by atoms with Gasteiger partial charge in [-0.2, -0.15) is 11.8 Å². The van der Waals surface area contributed by atoms with Crippen LogP contribution in [0.4, 0.5) is 5.69 Å². The zero-order valence-corrected chi connectivity index (χ0v) is 13.5. The van der Waals surface area contributed by atoms with E-state index in [1.54, 1.807) is 11.8 Å². The Morgan fingerprint density at radius 2 is 2.00 bits per heavy atom. The number of halogens is 1. The lowest BCUT2D eigenvalue weighted by atomic mass is 10.2. The van der Waals surface area contributed by atoms with Gasteiger partial charge in [0.05, 0.1) is 12.3 Å². The number of thioether (sulfide) groups is 1. The van der Waals surface area contributed by atoms with Crippen LogP contribution in [0.15, 0.2) is 34.7 Å². The largest absolute Gasteiger partial charge is 0.463 e. The van der Waals surface area contributed by atoms with Crippen LogP contribution < -0.4 is 5.32 Å². The van der Waals surface area contributed by atoms with Gasteiger partial charge in [0.1, 0.15) is 11.5 Å². The molecule has 0 amide bonds. The van der Waals surface area contributed by atoms with Crippen molar-refractivity contribution in [2.24, 2.45) is 0 Å². The van der Waals surface area contributed by atoms with E-state index in [-0.39, 0.29) is 0 Å². The molecule has 2 nitrogen and oxygen atoms in total. The minimum Gasteiger partial charge on any atom is -0.463 e. The number of hydrogen-bond acceptors (Lipinski definition) is 3. The molecular formula is C14H16INOS.